The van der Waals surface area contributed by atoms with Crippen molar-refractivity contribution in [1.29, 1.82) is 0 Å². The number of rotatable bonds is 6. The Balaban J connectivity index is 2.21. The molecule has 0 aliphatic heterocycles. The number of carbonyl (C=O) groups excluding carboxylic acids is 2. The second-order valence-electron chi connectivity index (χ2n) is 5.58. The molecular formula is C16H22O3. The van der Waals surface area contributed by atoms with Crippen LogP contribution < -0.4 is 0 Å². The maximum absolute atomic E-state index is 11.8. The monoisotopic (exact) mass is 262 g/mol. The maximum Gasteiger partial charge on any atom is 0.306 e. The van der Waals surface area contributed by atoms with Gasteiger partial charge in [0.25, 0.3) is 0 Å². The summed E-state index contributed by atoms with van der Waals surface area (Å²) in [6.07, 6.45) is 2.26. The minimum Gasteiger partial charge on any atom is -0.460 e. The van der Waals surface area contributed by atoms with E-state index in [1.807, 2.05) is 51.1 Å². The Bertz CT molecular complexity index is 415. The van der Waals surface area contributed by atoms with Crippen LogP contribution in [0.5, 0.6) is 0 Å². The van der Waals surface area contributed by atoms with E-state index in [2.05, 4.69) is 0 Å². The van der Waals surface area contributed by atoms with Crippen LogP contribution in [0.4, 0.5) is 0 Å². The van der Waals surface area contributed by atoms with Crippen LogP contribution in [0.1, 0.15) is 56.8 Å². The summed E-state index contributed by atoms with van der Waals surface area (Å²) in [6, 6.07) is 9.23. The van der Waals surface area contributed by atoms with Gasteiger partial charge in [-0.25, -0.2) is 0 Å². The average Bonchev–Trinajstić information content (AvgIpc) is 2.33. The molecule has 0 saturated carbocycles. The molecule has 0 aliphatic carbocycles. The lowest BCUT2D eigenvalue weighted by Gasteiger charge is -2.19. The summed E-state index contributed by atoms with van der Waals surface area (Å²) in [5.74, 6) is -0.0653. The van der Waals surface area contributed by atoms with Crippen molar-refractivity contribution in [2.45, 2.75) is 52.1 Å². The molecule has 0 radical (unpaired) electrons. The summed E-state index contributed by atoms with van der Waals surface area (Å²) in [6.45, 7) is 5.55. The highest BCUT2D eigenvalue weighted by Crippen LogP contribution is 2.12. The van der Waals surface area contributed by atoms with Crippen LogP contribution in [0.2, 0.25) is 0 Å². The molecule has 0 aromatic heterocycles. The molecule has 0 N–H and O–H groups in total. The fourth-order valence-electron chi connectivity index (χ4n) is 1.72. The van der Waals surface area contributed by atoms with Gasteiger partial charge in [-0.1, -0.05) is 30.3 Å². The van der Waals surface area contributed by atoms with Crippen molar-refractivity contribution < 1.29 is 14.3 Å². The van der Waals surface area contributed by atoms with Gasteiger partial charge in [0.1, 0.15) is 5.60 Å². The average molecular weight is 262 g/mol. The van der Waals surface area contributed by atoms with E-state index in [9.17, 15) is 9.59 Å². The van der Waals surface area contributed by atoms with Gasteiger partial charge in [0.2, 0.25) is 0 Å². The van der Waals surface area contributed by atoms with Gasteiger partial charge >= 0.3 is 5.97 Å². The van der Waals surface area contributed by atoms with Crippen molar-refractivity contribution in [1.82, 2.24) is 0 Å². The Morgan fingerprint density at radius 1 is 1.00 bits per heavy atom. The number of esters is 1. The van der Waals surface area contributed by atoms with Crippen LogP contribution in [0.25, 0.3) is 0 Å². The number of ketones is 1. The first-order valence-corrected chi connectivity index (χ1v) is 6.68. The molecule has 0 fully saturated rings. The van der Waals surface area contributed by atoms with Gasteiger partial charge in [0, 0.05) is 18.4 Å². The highest BCUT2D eigenvalue weighted by molar-refractivity contribution is 5.95. The lowest BCUT2D eigenvalue weighted by atomic mass is 10.0. The number of hydrogen-bond acceptors (Lipinski definition) is 3. The highest BCUT2D eigenvalue weighted by atomic mass is 16.6. The lowest BCUT2D eigenvalue weighted by Crippen LogP contribution is -2.23. The number of benzene rings is 1. The van der Waals surface area contributed by atoms with E-state index in [-0.39, 0.29) is 11.8 Å². The number of unbranched alkanes of at least 4 members (excludes halogenated alkanes) is 1. The SMILES string of the molecule is CC(C)(C)OC(=O)CCCCC(=O)c1ccccc1. The zero-order chi connectivity index (χ0) is 14.3. The molecule has 104 valence electrons. The molecule has 0 unspecified atom stereocenters. The first kappa shape index (κ1) is 15.4. The van der Waals surface area contributed by atoms with Crippen molar-refractivity contribution in [2.24, 2.45) is 0 Å². The molecule has 3 nitrogen and oxygen atoms in total. The van der Waals surface area contributed by atoms with E-state index in [0.717, 1.165) is 5.56 Å². The maximum atomic E-state index is 11.8. The Morgan fingerprint density at radius 3 is 2.16 bits per heavy atom. The van der Waals surface area contributed by atoms with E-state index >= 15 is 0 Å². The van der Waals surface area contributed by atoms with Crippen LogP contribution in [0, 0.1) is 0 Å². The molecule has 3 heteroatoms. The third-order valence-electron chi connectivity index (χ3n) is 2.55. The molecule has 0 bridgehead atoms. The molecule has 19 heavy (non-hydrogen) atoms. The van der Waals surface area contributed by atoms with Crippen LogP contribution in [-0.2, 0) is 9.53 Å². The second kappa shape index (κ2) is 7.07. The Kier molecular flexibility index (Phi) is 5.74. The van der Waals surface area contributed by atoms with Crippen LogP contribution in [-0.4, -0.2) is 17.4 Å². The van der Waals surface area contributed by atoms with Gasteiger partial charge in [0.05, 0.1) is 0 Å². The quantitative estimate of drug-likeness (QED) is 0.445. The fraction of sp³-hybridized carbons (Fsp3) is 0.500. The number of carbonyl (C=O) groups is 2. The highest BCUT2D eigenvalue weighted by Gasteiger charge is 2.15. The molecule has 0 atom stereocenters. The smallest absolute Gasteiger partial charge is 0.306 e. The molecule has 1 aromatic carbocycles. The topological polar surface area (TPSA) is 43.4 Å². The third kappa shape index (κ3) is 6.75. The van der Waals surface area contributed by atoms with Gasteiger partial charge in [-0.05, 0) is 33.6 Å². The van der Waals surface area contributed by atoms with Crippen molar-refractivity contribution >= 4 is 11.8 Å². The summed E-state index contributed by atoms with van der Waals surface area (Å²) in [4.78, 5) is 23.3. The molecular weight excluding hydrogens is 240 g/mol. The van der Waals surface area contributed by atoms with E-state index in [1.54, 1.807) is 0 Å². The summed E-state index contributed by atoms with van der Waals surface area (Å²) in [5, 5.41) is 0. The molecule has 0 saturated heterocycles. The van der Waals surface area contributed by atoms with E-state index in [0.29, 0.717) is 25.7 Å². The van der Waals surface area contributed by atoms with Gasteiger partial charge in [-0.3, -0.25) is 9.59 Å². The van der Waals surface area contributed by atoms with Crippen molar-refractivity contribution in [3.05, 3.63) is 35.9 Å². The number of ether oxygens (including phenoxy) is 1. The summed E-state index contributed by atoms with van der Waals surface area (Å²) < 4.78 is 5.21. The summed E-state index contributed by atoms with van der Waals surface area (Å²) in [7, 11) is 0. The second-order valence-corrected chi connectivity index (χ2v) is 5.58. The van der Waals surface area contributed by atoms with Crippen molar-refractivity contribution in [3.63, 3.8) is 0 Å². The first-order chi connectivity index (χ1) is 8.88. The zero-order valence-corrected chi connectivity index (χ0v) is 11.9. The van der Waals surface area contributed by atoms with Gasteiger partial charge in [0.15, 0.2) is 5.78 Å². The summed E-state index contributed by atoms with van der Waals surface area (Å²) >= 11 is 0. The minimum atomic E-state index is -0.434. The van der Waals surface area contributed by atoms with E-state index in [1.165, 1.54) is 0 Å². The van der Waals surface area contributed by atoms with Crippen LogP contribution in [0.15, 0.2) is 30.3 Å². The predicted molar refractivity (Wildman–Crippen MR) is 75.1 cm³/mol. The molecule has 0 spiro atoms. The Hall–Kier alpha value is -1.64. The molecule has 1 rings (SSSR count). The fourth-order valence-corrected chi connectivity index (χ4v) is 1.72. The first-order valence-electron chi connectivity index (χ1n) is 6.68. The van der Waals surface area contributed by atoms with Crippen LogP contribution >= 0.6 is 0 Å². The molecule has 0 aliphatic rings. The minimum absolute atomic E-state index is 0.129. The lowest BCUT2D eigenvalue weighted by molar-refractivity contribution is -0.154. The van der Waals surface area contributed by atoms with Gasteiger partial charge in [-0.2, -0.15) is 0 Å². The van der Waals surface area contributed by atoms with Gasteiger partial charge < -0.3 is 4.74 Å². The normalized spacial score (nSPS) is 11.1. The Morgan fingerprint density at radius 2 is 1.58 bits per heavy atom. The molecule has 1 aromatic rings. The standard InChI is InChI=1S/C16H22O3/c1-16(2,3)19-15(18)12-8-7-11-14(17)13-9-5-4-6-10-13/h4-6,9-10H,7-8,11-12H2,1-3H3. The third-order valence-corrected chi connectivity index (χ3v) is 2.55. The largest absolute Gasteiger partial charge is 0.460 e. The van der Waals surface area contributed by atoms with Crippen molar-refractivity contribution in [2.75, 3.05) is 0 Å². The predicted octanol–water partition coefficient (Wildman–Crippen LogP) is 3.77. The Labute approximate surface area is 115 Å². The van der Waals surface area contributed by atoms with E-state index in [4.69, 9.17) is 4.74 Å². The van der Waals surface area contributed by atoms with Gasteiger partial charge in [-0.15, -0.1) is 0 Å². The van der Waals surface area contributed by atoms with Crippen LogP contribution in [0.3, 0.4) is 0 Å². The number of hydrogen-bond donors (Lipinski definition) is 0. The van der Waals surface area contributed by atoms with Crippen molar-refractivity contribution in [3.8, 4) is 0 Å². The zero-order valence-electron chi connectivity index (χ0n) is 11.9. The molecule has 0 heterocycles. The number of Topliss-reactive ketones (excluding diaryl/α,β-unsaturated/α-hetero) is 1. The molecule has 0 amide bonds. The van der Waals surface area contributed by atoms with E-state index < -0.39 is 5.60 Å². The summed E-state index contributed by atoms with van der Waals surface area (Å²) in [5.41, 5.74) is 0.302.